The summed E-state index contributed by atoms with van der Waals surface area (Å²) in [6.07, 6.45) is 1.43. The molecule has 1 aliphatic heterocycles. The molecule has 0 amide bonds. The van der Waals surface area contributed by atoms with E-state index >= 15 is 0 Å². The Labute approximate surface area is 114 Å². The van der Waals surface area contributed by atoms with Crippen LogP contribution < -0.4 is 10.6 Å². The number of piperidine rings is 1. The van der Waals surface area contributed by atoms with E-state index in [1.165, 1.54) is 0 Å². The SMILES string of the molecule is CCC(O)C1CC(N)CN(c2ccc(Cl)cc2)C1. The van der Waals surface area contributed by atoms with E-state index in [0.29, 0.717) is 0 Å². The van der Waals surface area contributed by atoms with Gasteiger partial charge in [0.1, 0.15) is 0 Å². The number of hydrogen-bond donors (Lipinski definition) is 2. The van der Waals surface area contributed by atoms with E-state index in [9.17, 15) is 5.11 Å². The van der Waals surface area contributed by atoms with E-state index in [2.05, 4.69) is 4.90 Å². The highest BCUT2D eigenvalue weighted by molar-refractivity contribution is 6.30. The molecule has 3 atom stereocenters. The van der Waals surface area contributed by atoms with Gasteiger partial charge in [-0.1, -0.05) is 18.5 Å². The molecule has 2 rings (SSSR count). The Bertz CT molecular complexity index is 382. The number of nitrogens with zero attached hydrogens (tertiary/aromatic N) is 1. The van der Waals surface area contributed by atoms with E-state index in [1.807, 2.05) is 31.2 Å². The van der Waals surface area contributed by atoms with E-state index in [4.69, 9.17) is 17.3 Å². The van der Waals surface area contributed by atoms with Crippen LogP contribution >= 0.6 is 11.6 Å². The standard InChI is InChI=1S/C14H21ClN2O/c1-2-14(18)10-7-12(16)9-17(8-10)13-5-3-11(15)4-6-13/h3-6,10,12,14,18H,2,7-9,16H2,1H3. The largest absolute Gasteiger partial charge is 0.393 e. The van der Waals surface area contributed by atoms with Crippen molar-refractivity contribution in [1.29, 1.82) is 0 Å². The molecule has 1 aromatic rings. The molecule has 1 heterocycles. The third kappa shape index (κ3) is 3.16. The fourth-order valence-corrected chi connectivity index (χ4v) is 2.78. The van der Waals surface area contributed by atoms with Gasteiger partial charge in [0, 0.05) is 35.8 Å². The summed E-state index contributed by atoms with van der Waals surface area (Å²) < 4.78 is 0. The topological polar surface area (TPSA) is 49.5 Å². The van der Waals surface area contributed by atoms with Crippen molar-refractivity contribution in [3.8, 4) is 0 Å². The Morgan fingerprint density at radius 3 is 2.67 bits per heavy atom. The summed E-state index contributed by atoms with van der Waals surface area (Å²) in [7, 11) is 0. The maximum atomic E-state index is 10.0. The quantitative estimate of drug-likeness (QED) is 0.884. The molecular formula is C14H21ClN2O. The summed E-state index contributed by atoms with van der Waals surface area (Å²) in [5.41, 5.74) is 7.22. The van der Waals surface area contributed by atoms with E-state index in [0.717, 1.165) is 36.6 Å². The summed E-state index contributed by atoms with van der Waals surface area (Å²) >= 11 is 5.90. The minimum absolute atomic E-state index is 0.126. The lowest BCUT2D eigenvalue weighted by Crippen LogP contribution is -2.50. The van der Waals surface area contributed by atoms with Crippen LogP contribution in [0.3, 0.4) is 0 Å². The first-order chi connectivity index (χ1) is 8.60. The average Bonchev–Trinajstić information content (AvgIpc) is 2.38. The Morgan fingerprint density at radius 1 is 1.39 bits per heavy atom. The first-order valence-electron chi connectivity index (χ1n) is 6.54. The molecule has 1 saturated heterocycles. The van der Waals surface area contributed by atoms with Crippen LogP contribution in [0.1, 0.15) is 19.8 Å². The van der Waals surface area contributed by atoms with Crippen LogP contribution in [0.4, 0.5) is 5.69 Å². The second-order valence-electron chi connectivity index (χ2n) is 5.11. The Kier molecular flexibility index (Phi) is 4.49. The van der Waals surface area contributed by atoms with E-state index in [-0.39, 0.29) is 18.1 Å². The van der Waals surface area contributed by atoms with Crippen LogP contribution in [-0.2, 0) is 0 Å². The summed E-state index contributed by atoms with van der Waals surface area (Å²) in [4.78, 5) is 2.24. The number of nitrogens with two attached hydrogens (primary N) is 1. The van der Waals surface area contributed by atoms with Crippen molar-refractivity contribution in [3.63, 3.8) is 0 Å². The van der Waals surface area contributed by atoms with Crippen molar-refractivity contribution in [2.45, 2.75) is 31.9 Å². The molecule has 0 aliphatic carbocycles. The molecule has 0 saturated carbocycles. The zero-order valence-electron chi connectivity index (χ0n) is 10.7. The third-order valence-corrected chi connectivity index (χ3v) is 3.92. The molecule has 1 fully saturated rings. The molecule has 4 heteroatoms. The highest BCUT2D eigenvalue weighted by atomic mass is 35.5. The highest BCUT2D eigenvalue weighted by Gasteiger charge is 2.29. The highest BCUT2D eigenvalue weighted by Crippen LogP contribution is 2.26. The van der Waals surface area contributed by atoms with Gasteiger partial charge in [0.05, 0.1) is 6.10 Å². The predicted molar refractivity (Wildman–Crippen MR) is 76.0 cm³/mol. The van der Waals surface area contributed by atoms with Crippen molar-refractivity contribution in [1.82, 2.24) is 0 Å². The van der Waals surface area contributed by atoms with Gasteiger partial charge in [-0.25, -0.2) is 0 Å². The van der Waals surface area contributed by atoms with Crippen molar-refractivity contribution in [2.24, 2.45) is 11.7 Å². The van der Waals surface area contributed by atoms with Gasteiger partial charge in [-0.05, 0) is 37.1 Å². The van der Waals surface area contributed by atoms with Gasteiger partial charge >= 0.3 is 0 Å². The molecule has 3 nitrogen and oxygen atoms in total. The number of benzene rings is 1. The smallest absolute Gasteiger partial charge is 0.0583 e. The molecule has 1 aromatic carbocycles. The van der Waals surface area contributed by atoms with E-state index < -0.39 is 0 Å². The molecule has 0 bridgehead atoms. The second-order valence-corrected chi connectivity index (χ2v) is 5.55. The molecule has 100 valence electrons. The summed E-state index contributed by atoms with van der Waals surface area (Å²) in [6, 6.07) is 7.93. The minimum atomic E-state index is -0.258. The molecule has 3 N–H and O–H groups in total. The second kappa shape index (κ2) is 5.91. The summed E-state index contributed by atoms with van der Waals surface area (Å²) in [5.74, 6) is 0.259. The van der Waals surface area contributed by atoms with Crippen LogP contribution in [0, 0.1) is 5.92 Å². The number of anilines is 1. The summed E-state index contributed by atoms with van der Waals surface area (Å²) in [6.45, 7) is 3.72. The number of aliphatic hydroxyl groups is 1. The van der Waals surface area contributed by atoms with Gasteiger partial charge in [-0.3, -0.25) is 0 Å². The van der Waals surface area contributed by atoms with Gasteiger partial charge in [-0.2, -0.15) is 0 Å². The average molecular weight is 269 g/mol. The lowest BCUT2D eigenvalue weighted by atomic mass is 9.88. The third-order valence-electron chi connectivity index (χ3n) is 3.67. The van der Waals surface area contributed by atoms with Crippen LogP contribution in [0.5, 0.6) is 0 Å². The van der Waals surface area contributed by atoms with Gasteiger partial charge in [0.15, 0.2) is 0 Å². The predicted octanol–water partition coefficient (Wildman–Crippen LogP) is 2.26. The van der Waals surface area contributed by atoms with Crippen LogP contribution in [0.15, 0.2) is 24.3 Å². The molecule has 18 heavy (non-hydrogen) atoms. The number of hydrogen-bond acceptors (Lipinski definition) is 3. The number of rotatable bonds is 3. The molecule has 0 spiro atoms. The molecule has 3 unspecified atom stereocenters. The molecule has 0 radical (unpaired) electrons. The van der Waals surface area contributed by atoms with Gasteiger partial charge in [0.25, 0.3) is 0 Å². The van der Waals surface area contributed by atoms with Gasteiger partial charge in [0.2, 0.25) is 0 Å². The monoisotopic (exact) mass is 268 g/mol. The minimum Gasteiger partial charge on any atom is -0.393 e. The normalized spacial score (nSPS) is 26.1. The number of aliphatic hydroxyl groups excluding tert-OH is 1. The van der Waals surface area contributed by atoms with Gasteiger partial charge in [-0.15, -0.1) is 0 Å². The fourth-order valence-electron chi connectivity index (χ4n) is 2.65. The fraction of sp³-hybridized carbons (Fsp3) is 0.571. The van der Waals surface area contributed by atoms with Gasteiger partial charge < -0.3 is 15.7 Å². The van der Waals surface area contributed by atoms with Crippen LogP contribution in [-0.4, -0.2) is 30.3 Å². The zero-order chi connectivity index (χ0) is 13.1. The van der Waals surface area contributed by atoms with Crippen molar-refractivity contribution >= 4 is 17.3 Å². The van der Waals surface area contributed by atoms with Crippen LogP contribution in [0.2, 0.25) is 5.02 Å². The first kappa shape index (κ1) is 13.7. The lowest BCUT2D eigenvalue weighted by molar-refractivity contribution is 0.0902. The maximum absolute atomic E-state index is 10.0. The van der Waals surface area contributed by atoms with Crippen LogP contribution in [0.25, 0.3) is 0 Å². The molecular weight excluding hydrogens is 248 g/mol. The van der Waals surface area contributed by atoms with Crippen molar-refractivity contribution in [2.75, 3.05) is 18.0 Å². The van der Waals surface area contributed by atoms with Crippen molar-refractivity contribution in [3.05, 3.63) is 29.3 Å². The zero-order valence-corrected chi connectivity index (χ0v) is 11.5. The maximum Gasteiger partial charge on any atom is 0.0583 e. The Hall–Kier alpha value is -0.770. The lowest BCUT2D eigenvalue weighted by Gasteiger charge is -2.39. The Morgan fingerprint density at radius 2 is 2.06 bits per heavy atom. The molecule has 0 aromatic heterocycles. The Balaban J connectivity index is 2.10. The number of halogens is 1. The summed E-state index contributed by atoms with van der Waals surface area (Å²) in [5, 5.41) is 10.7. The van der Waals surface area contributed by atoms with E-state index in [1.54, 1.807) is 0 Å². The van der Waals surface area contributed by atoms with Crippen molar-refractivity contribution < 1.29 is 5.11 Å². The first-order valence-corrected chi connectivity index (χ1v) is 6.92. The molecule has 1 aliphatic rings.